The fraction of sp³-hybridized carbons (Fsp3) is 0.0909. The fourth-order valence-electron chi connectivity index (χ4n) is 3.95. The van der Waals surface area contributed by atoms with Gasteiger partial charge in [0.2, 0.25) is 0 Å². The van der Waals surface area contributed by atoms with Gasteiger partial charge in [-0.1, -0.05) is 18.2 Å². The molecule has 4 rings (SSSR count). The maximum absolute atomic E-state index is 13.6. The minimum atomic E-state index is -4.96. The van der Waals surface area contributed by atoms with Crippen molar-refractivity contribution in [3.05, 3.63) is 70.8 Å². The molecule has 0 fully saturated rings. The zero-order valence-electron chi connectivity index (χ0n) is 18.2. The van der Waals surface area contributed by atoms with Gasteiger partial charge >= 0.3 is 0 Å². The normalized spacial score (nSPS) is 13.2. The lowest BCUT2D eigenvalue weighted by molar-refractivity contribution is 0.0977. The predicted molar refractivity (Wildman–Crippen MR) is 129 cm³/mol. The molecule has 7 N–H and O–H groups in total. The van der Waals surface area contributed by atoms with Gasteiger partial charge in [-0.2, -0.15) is 16.8 Å². The van der Waals surface area contributed by atoms with Crippen molar-refractivity contribution in [1.29, 1.82) is 0 Å². The minimum Gasteiger partial charge on any atom is -0.397 e. The zero-order chi connectivity index (χ0) is 26.4. The molecule has 0 aromatic heterocycles. The van der Waals surface area contributed by atoms with Crippen LogP contribution in [-0.2, 0) is 20.2 Å². The van der Waals surface area contributed by atoms with Gasteiger partial charge in [0.05, 0.1) is 34.7 Å². The van der Waals surface area contributed by atoms with E-state index in [4.69, 9.17) is 10.8 Å². The van der Waals surface area contributed by atoms with Crippen molar-refractivity contribution in [2.24, 2.45) is 0 Å². The summed E-state index contributed by atoms with van der Waals surface area (Å²) in [5, 5.41) is 14.7. The van der Waals surface area contributed by atoms with Gasteiger partial charge in [0.15, 0.2) is 11.6 Å². The Morgan fingerprint density at radius 2 is 1.42 bits per heavy atom. The average molecular weight is 534 g/mol. The fourth-order valence-corrected chi connectivity index (χ4v) is 5.31. The molecule has 0 heterocycles. The summed E-state index contributed by atoms with van der Waals surface area (Å²) in [4.78, 5) is 25.3. The summed E-state index contributed by atoms with van der Waals surface area (Å²) in [6.07, 6.45) is 0. The second-order valence-corrected chi connectivity index (χ2v) is 10.5. The Kier molecular flexibility index (Phi) is 6.32. The molecule has 0 saturated heterocycles. The summed E-state index contributed by atoms with van der Waals surface area (Å²) in [6, 6.07) is 10.4. The lowest BCUT2D eigenvalue weighted by atomic mass is 9.82. The number of nitrogens with one attached hydrogen (secondary N) is 2. The number of hydrogen-bond donors (Lipinski definition) is 6. The summed E-state index contributed by atoms with van der Waals surface area (Å²) < 4.78 is 67.3. The Morgan fingerprint density at radius 3 is 2.06 bits per heavy atom. The first kappa shape index (κ1) is 25.3. The van der Waals surface area contributed by atoms with E-state index in [1.54, 1.807) is 24.3 Å². The number of carbonyl (C=O) groups excluding carboxylic acids is 2. The van der Waals surface area contributed by atoms with Crippen LogP contribution in [0.15, 0.2) is 58.3 Å². The van der Waals surface area contributed by atoms with Crippen molar-refractivity contribution >= 4 is 54.6 Å². The van der Waals surface area contributed by atoms with Gasteiger partial charge in [-0.25, -0.2) is 0 Å². The first-order valence-electron chi connectivity index (χ1n) is 10.2. The second-order valence-electron chi connectivity index (χ2n) is 7.73. The molecule has 1 aliphatic rings. The molecule has 3 aromatic rings. The highest BCUT2D eigenvalue weighted by molar-refractivity contribution is 7.86. The van der Waals surface area contributed by atoms with Gasteiger partial charge in [0, 0.05) is 23.5 Å². The highest BCUT2D eigenvalue weighted by Gasteiger charge is 2.39. The van der Waals surface area contributed by atoms with Crippen molar-refractivity contribution in [3.63, 3.8) is 0 Å². The third-order valence-corrected chi connectivity index (χ3v) is 7.21. The topological polar surface area (TPSA) is 213 Å². The van der Waals surface area contributed by atoms with Crippen molar-refractivity contribution in [3.8, 4) is 0 Å². The van der Waals surface area contributed by atoms with Crippen LogP contribution in [0.2, 0.25) is 0 Å². The van der Waals surface area contributed by atoms with E-state index in [1.165, 1.54) is 0 Å². The Labute approximate surface area is 205 Å². The van der Waals surface area contributed by atoms with Crippen molar-refractivity contribution in [2.45, 2.75) is 9.79 Å². The number of hydrogen-bond acceptors (Lipinski definition) is 10. The monoisotopic (exact) mass is 533 g/mol. The van der Waals surface area contributed by atoms with E-state index < -0.39 is 69.5 Å². The van der Waals surface area contributed by atoms with Crippen LogP contribution >= 0.6 is 0 Å². The Hall–Kier alpha value is -3.82. The number of aliphatic hydroxyl groups is 1. The number of aliphatic hydroxyl groups excluding tert-OH is 1. The molecule has 0 aliphatic heterocycles. The Morgan fingerprint density at radius 1 is 0.778 bits per heavy atom. The summed E-state index contributed by atoms with van der Waals surface area (Å²) in [5.41, 5.74) is 3.82. The van der Waals surface area contributed by atoms with E-state index >= 15 is 0 Å². The maximum Gasteiger partial charge on any atom is 0.296 e. The van der Waals surface area contributed by atoms with E-state index in [0.717, 1.165) is 24.3 Å². The highest BCUT2D eigenvalue weighted by atomic mass is 32.2. The van der Waals surface area contributed by atoms with Crippen molar-refractivity contribution in [2.75, 3.05) is 29.5 Å². The Balaban J connectivity index is 1.99. The lowest BCUT2D eigenvalue weighted by Gasteiger charge is -2.24. The van der Waals surface area contributed by atoms with Crippen LogP contribution in [-0.4, -0.2) is 55.8 Å². The van der Waals surface area contributed by atoms with E-state index in [9.17, 15) is 35.5 Å². The summed E-state index contributed by atoms with van der Waals surface area (Å²) in [6.45, 7) is 0.0861. The molecule has 188 valence electrons. The van der Waals surface area contributed by atoms with Crippen molar-refractivity contribution < 1.29 is 40.6 Å². The van der Waals surface area contributed by atoms with Gasteiger partial charge in [-0.15, -0.1) is 0 Å². The number of nitrogens with two attached hydrogens (primary N) is 1. The zero-order valence-corrected chi connectivity index (χ0v) is 19.9. The number of nitrogen functional groups attached to an aromatic ring is 1. The van der Waals surface area contributed by atoms with E-state index in [2.05, 4.69) is 10.6 Å². The number of rotatable bonds is 7. The summed E-state index contributed by atoms with van der Waals surface area (Å²) >= 11 is 0. The van der Waals surface area contributed by atoms with E-state index in [1.807, 2.05) is 0 Å². The number of carbonyl (C=O) groups is 2. The minimum absolute atomic E-state index is 0.146. The molecule has 1 aliphatic carbocycles. The molecular formula is C22H19N3O9S2. The quantitative estimate of drug-likeness (QED) is 0.148. The Bertz CT molecular complexity index is 1650. The van der Waals surface area contributed by atoms with E-state index in [-0.39, 0.29) is 18.8 Å². The standard InChI is InChI=1S/C22H19N3O9S2/c23-20-16(36(32,33)34)10-14(25-12-4-1-3-11(9-12)24-7-8-26)18-19(20)21(27)13-5-2-6-15(35(29,30)31)17(13)22(18)28/h1-6,9-10,24-26H,7-8,23H2,(H,29,30,31)(H,32,33,34). The molecule has 14 heteroatoms. The lowest BCUT2D eigenvalue weighted by Crippen LogP contribution is -2.27. The van der Waals surface area contributed by atoms with Crippen LogP contribution in [0.5, 0.6) is 0 Å². The third-order valence-electron chi connectivity index (χ3n) is 5.42. The van der Waals surface area contributed by atoms with Gasteiger partial charge in [0.1, 0.15) is 9.79 Å². The molecule has 0 spiro atoms. The molecule has 3 aromatic carbocycles. The van der Waals surface area contributed by atoms with Crippen molar-refractivity contribution in [1.82, 2.24) is 0 Å². The number of fused-ring (bicyclic) bond motifs is 2. The average Bonchev–Trinajstić information content (AvgIpc) is 2.80. The maximum atomic E-state index is 13.6. The molecular weight excluding hydrogens is 514 g/mol. The van der Waals surface area contributed by atoms with Gasteiger partial charge < -0.3 is 21.5 Å². The largest absolute Gasteiger partial charge is 0.397 e. The molecule has 36 heavy (non-hydrogen) atoms. The van der Waals surface area contributed by atoms with Crippen LogP contribution < -0.4 is 16.4 Å². The molecule has 0 unspecified atom stereocenters. The third kappa shape index (κ3) is 4.43. The molecule has 0 bridgehead atoms. The number of benzene rings is 3. The molecule has 0 amide bonds. The smallest absolute Gasteiger partial charge is 0.296 e. The second kappa shape index (κ2) is 9.00. The molecule has 12 nitrogen and oxygen atoms in total. The molecule has 0 radical (unpaired) electrons. The first-order chi connectivity index (χ1) is 16.8. The molecule has 0 atom stereocenters. The van der Waals surface area contributed by atoms with Gasteiger partial charge in [-0.05, 0) is 30.3 Å². The highest BCUT2D eigenvalue weighted by Crippen LogP contribution is 2.41. The van der Waals surface area contributed by atoms with Crippen LogP contribution in [0.25, 0.3) is 0 Å². The number of anilines is 4. The molecule has 0 saturated carbocycles. The number of ketones is 2. The van der Waals surface area contributed by atoms with E-state index in [0.29, 0.717) is 11.4 Å². The summed E-state index contributed by atoms with van der Waals surface area (Å²) in [7, 11) is -9.88. The van der Waals surface area contributed by atoms with Crippen LogP contribution in [0.3, 0.4) is 0 Å². The van der Waals surface area contributed by atoms with Gasteiger partial charge in [-0.3, -0.25) is 18.7 Å². The van der Waals surface area contributed by atoms with Crippen LogP contribution in [0.4, 0.5) is 22.7 Å². The first-order valence-corrected chi connectivity index (χ1v) is 13.1. The van der Waals surface area contributed by atoms with Crippen LogP contribution in [0.1, 0.15) is 31.8 Å². The SMILES string of the molecule is Nc1c(S(=O)(=O)O)cc(Nc2cccc(NCCO)c2)c2c1C(=O)c1cccc(S(=O)(=O)O)c1C2=O. The summed E-state index contributed by atoms with van der Waals surface area (Å²) in [5.74, 6) is -1.99. The van der Waals surface area contributed by atoms with Crippen LogP contribution in [0, 0.1) is 0 Å². The predicted octanol–water partition coefficient (Wildman–Crippen LogP) is 1.69. The van der Waals surface area contributed by atoms with Gasteiger partial charge in [0.25, 0.3) is 20.2 Å².